The SMILES string of the molecule is Cc1ccc(NC(CCO)C2CCCCC2)nc1C#N. The van der Waals surface area contributed by atoms with Crippen LogP contribution in [-0.2, 0) is 0 Å². The third-order valence-corrected chi connectivity index (χ3v) is 4.20. The maximum atomic E-state index is 9.28. The van der Waals surface area contributed by atoms with Crippen molar-refractivity contribution < 1.29 is 5.11 Å². The fraction of sp³-hybridized carbons (Fsp3) is 0.625. The van der Waals surface area contributed by atoms with Gasteiger partial charge in [-0.2, -0.15) is 5.26 Å². The van der Waals surface area contributed by atoms with E-state index in [1.54, 1.807) is 0 Å². The lowest BCUT2D eigenvalue weighted by atomic mass is 9.83. The fourth-order valence-corrected chi connectivity index (χ4v) is 3.01. The lowest BCUT2D eigenvalue weighted by Crippen LogP contribution is -2.32. The van der Waals surface area contributed by atoms with Crippen molar-refractivity contribution >= 4 is 5.82 Å². The molecule has 1 atom stereocenters. The number of nitriles is 1. The molecule has 0 bridgehead atoms. The number of hydrogen-bond donors (Lipinski definition) is 2. The standard InChI is InChI=1S/C16H23N3O/c1-12-7-8-16(19-15(12)11-17)18-14(9-10-20)13-5-3-2-4-6-13/h7-8,13-14,20H,2-6,9-10H2,1H3,(H,18,19). The lowest BCUT2D eigenvalue weighted by Gasteiger charge is -2.31. The van der Waals surface area contributed by atoms with Gasteiger partial charge in [0.05, 0.1) is 0 Å². The highest BCUT2D eigenvalue weighted by Gasteiger charge is 2.23. The van der Waals surface area contributed by atoms with Crippen LogP contribution in [0.1, 0.15) is 49.8 Å². The Morgan fingerprint density at radius 2 is 2.15 bits per heavy atom. The smallest absolute Gasteiger partial charge is 0.145 e. The summed E-state index contributed by atoms with van der Waals surface area (Å²) in [5.74, 6) is 1.35. The third-order valence-electron chi connectivity index (χ3n) is 4.20. The van der Waals surface area contributed by atoms with E-state index in [9.17, 15) is 5.11 Å². The number of anilines is 1. The van der Waals surface area contributed by atoms with Crippen molar-refractivity contribution in [3.63, 3.8) is 0 Å². The largest absolute Gasteiger partial charge is 0.396 e. The Labute approximate surface area is 120 Å². The average molecular weight is 273 g/mol. The van der Waals surface area contributed by atoms with Gasteiger partial charge in [-0.05, 0) is 43.7 Å². The molecule has 1 aliphatic carbocycles. The summed E-state index contributed by atoms with van der Waals surface area (Å²) in [5, 5.41) is 21.8. The minimum atomic E-state index is 0.186. The van der Waals surface area contributed by atoms with Crippen LogP contribution in [0.3, 0.4) is 0 Å². The first kappa shape index (κ1) is 14.8. The first-order valence-electron chi connectivity index (χ1n) is 7.49. The first-order valence-corrected chi connectivity index (χ1v) is 7.49. The van der Waals surface area contributed by atoms with Crippen molar-refractivity contribution in [2.75, 3.05) is 11.9 Å². The summed E-state index contributed by atoms with van der Waals surface area (Å²) >= 11 is 0. The van der Waals surface area contributed by atoms with E-state index in [1.807, 2.05) is 19.1 Å². The maximum Gasteiger partial charge on any atom is 0.145 e. The zero-order valence-electron chi connectivity index (χ0n) is 12.1. The van der Waals surface area contributed by atoms with Crippen LogP contribution in [0.5, 0.6) is 0 Å². The summed E-state index contributed by atoms with van der Waals surface area (Å²) < 4.78 is 0. The van der Waals surface area contributed by atoms with Crippen LogP contribution in [0.15, 0.2) is 12.1 Å². The number of hydrogen-bond acceptors (Lipinski definition) is 4. The summed E-state index contributed by atoms with van der Waals surface area (Å²) in [7, 11) is 0. The first-order chi connectivity index (χ1) is 9.74. The van der Waals surface area contributed by atoms with Gasteiger partial charge in [0.1, 0.15) is 17.6 Å². The molecule has 4 heteroatoms. The summed E-state index contributed by atoms with van der Waals surface area (Å²) in [6.07, 6.45) is 7.05. The molecule has 1 fully saturated rings. The molecule has 1 unspecified atom stereocenters. The van der Waals surface area contributed by atoms with Crippen molar-refractivity contribution in [2.45, 2.75) is 51.5 Å². The van der Waals surface area contributed by atoms with Gasteiger partial charge in [-0.3, -0.25) is 0 Å². The van der Waals surface area contributed by atoms with E-state index in [0.717, 1.165) is 17.8 Å². The van der Waals surface area contributed by atoms with Gasteiger partial charge in [-0.1, -0.05) is 25.3 Å². The Morgan fingerprint density at radius 3 is 2.80 bits per heavy atom. The molecule has 2 N–H and O–H groups in total. The molecular formula is C16H23N3O. The Kier molecular flexibility index (Phi) is 5.37. The number of aliphatic hydroxyl groups excluding tert-OH is 1. The monoisotopic (exact) mass is 273 g/mol. The second-order valence-corrected chi connectivity index (χ2v) is 5.64. The highest BCUT2D eigenvalue weighted by molar-refractivity contribution is 5.43. The van der Waals surface area contributed by atoms with Gasteiger partial charge < -0.3 is 10.4 Å². The Balaban J connectivity index is 2.09. The topological polar surface area (TPSA) is 68.9 Å². The van der Waals surface area contributed by atoms with Crippen LogP contribution in [-0.4, -0.2) is 22.7 Å². The molecule has 0 spiro atoms. The predicted octanol–water partition coefficient (Wildman–Crippen LogP) is 3.00. The molecule has 1 heterocycles. The number of aliphatic hydroxyl groups is 1. The van der Waals surface area contributed by atoms with Gasteiger partial charge in [0, 0.05) is 12.6 Å². The number of nitrogens with zero attached hydrogens (tertiary/aromatic N) is 2. The van der Waals surface area contributed by atoms with Gasteiger partial charge in [0.25, 0.3) is 0 Å². The van der Waals surface area contributed by atoms with E-state index >= 15 is 0 Å². The highest BCUT2D eigenvalue weighted by Crippen LogP contribution is 2.29. The van der Waals surface area contributed by atoms with Gasteiger partial charge >= 0.3 is 0 Å². The van der Waals surface area contributed by atoms with Crippen molar-refractivity contribution in [1.82, 2.24) is 4.98 Å². The number of aromatic nitrogens is 1. The zero-order valence-corrected chi connectivity index (χ0v) is 12.1. The van der Waals surface area contributed by atoms with E-state index in [1.165, 1.54) is 32.1 Å². The van der Waals surface area contributed by atoms with Crippen molar-refractivity contribution in [3.8, 4) is 6.07 Å². The van der Waals surface area contributed by atoms with Crippen LogP contribution in [0, 0.1) is 24.2 Å². The average Bonchev–Trinajstić information content (AvgIpc) is 2.49. The van der Waals surface area contributed by atoms with Gasteiger partial charge in [-0.15, -0.1) is 0 Å². The molecule has 1 aromatic rings. The Hall–Kier alpha value is -1.60. The minimum Gasteiger partial charge on any atom is -0.396 e. The second kappa shape index (κ2) is 7.25. The number of pyridine rings is 1. The summed E-state index contributed by atoms with van der Waals surface area (Å²) in [6, 6.07) is 6.21. The molecule has 0 amide bonds. The summed E-state index contributed by atoms with van der Waals surface area (Å²) in [4.78, 5) is 4.35. The molecule has 2 rings (SSSR count). The quantitative estimate of drug-likeness (QED) is 0.865. The molecule has 4 nitrogen and oxygen atoms in total. The van der Waals surface area contributed by atoms with E-state index < -0.39 is 0 Å². The number of nitrogens with one attached hydrogen (secondary N) is 1. The fourth-order valence-electron chi connectivity index (χ4n) is 3.01. The molecule has 1 aliphatic rings. The van der Waals surface area contributed by atoms with Gasteiger partial charge in [-0.25, -0.2) is 4.98 Å². The van der Waals surface area contributed by atoms with Crippen LogP contribution in [0.4, 0.5) is 5.82 Å². The van der Waals surface area contributed by atoms with Crippen molar-refractivity contribution in [1.29, 1.82) is 5.26 Å². The molecule has 0 aliphatic heterocycles. The zero-order chi connectivity index (χ0) is 14.4. The lowest BCUT2D eigenvalue weighted by molar-refractivity contribution is 0.239. The third kappa shape index (κ3) is 3.71. The Bertz CT molecular complexity index is 475. The van der Waals surface area contributed by atoms with Crippen molar-refractivity contribution in [3.05, 3.63) is 23.4 Å². The molecular weight excluding hydrogens is 250 g/mol. The molecule has 0 aromatic carbocycles. The van der Waals surface area contributed by atoms with E-state index in [0.29, 0.717) is 11.6 Å². The van der Waals surface area contributed by atoms with Gasteiger partial charge in [0.2, 0.25) is 0 Å². The predicted molar refractivity (Wildman–Crippen MR) is 79.4 cm³/mol. The highest BCUT2D eigenvalue weighted by atomic mass is 16.3. The molecule has 0 radical (unpaired) electrons. The summed E-state index contributed by atoms with van der Waals surface area (Å²) in [6.45, 7) is 2.08. The minimum absolute atomic E-state index is 0.186. The molecule has 20 heavy (non-hydrogen) atoms. The van der Waals surface area contributed by atoms with Crippen LogP contribution >= 0.6 is 0 Å². The van der Waals surface area contributed by atoms with E-state index in [2.05, 4.69) is 16.4 Å². The molecule has 1 aromatic heterocycles. The van der Waals surface area contributed by atoms with Crippen LogP contribution in [0.2, 0.25) is 0 Å². The second-order valence-electron chi connectivity index (χ2n) is 5.64. The number of aryl methyl sites for hydroxylation is 1. The van der Waals surface area contributed by atoms with E-state index in [4.69, 9.17) is 5.26 Å². The molecule has 108 valence electrons. The van der Waals surface area contributed by atoms with Crippen molar-refractivity contribution in [2.24, 2.45) is 5.92 Å². The maximum absolute atomic E-state index is 9.28. The Morgan fingerprint density at radius 1 is 1.40 bits per heavy atom. The van der Waals surface area contributed by atoms with E-state index in [-0.39, 0.29) is 12.6 Å². The van der Waals surface area contributed by atoms with Crippen LogP contribution in [0.25, 0.3) is 0 Å². The van der Waals surface area contributed by atoms with Gasteiger partial charge in [0.15, 0.2) is 0 Å². The normalized spacial score (nSPS) is 17.4. The molecule has 1 saturated carbocycles. The van der Waals surface area contributed by atoms with Crippen LogP contribution < -0.4 is 5.32 Å². The number of rotatable bonds is 5. The molecule has 0 saturated heterocycles. The summed E-state index contributed by atoms with van der Waals surface area (Å²) in [5.41, 5.74) is 1.37.